The molecule has 0 bridgehead atoms. The van der Waals surface area contributed by atoms with Crippen molar-refractivity contribution >= 4 is 23.6 Å². The average molecular weight is 510 g/mol. The van der Waals surface area contributed by atoms with Crippen LogP contribution in [0.15, 0.2) is 53.7 Å². The van der Waals surface area contributed by atoms with Gasteiger partial charge in [0.15, 0.2) is 0 Å². The number of hydrogen-bond donors (Lipinski definition) is 2. The molecule has 0 aromatic heterocycles. The molecular weight excluding hydrogens is 474 g/mol. The molecule has 1 unspecified atom stereocenters. The van der Waals surface area contributed by atoms with Gasteiger partial charge in [0.05, 0.1) is 32.4 Å². The van der Waals surface area contributed by atoms with Crippen LogP contribution in [0.5, 0.6) is 11.5 Å². The van der Waals surface area contributed by atoms with Gasteiger partial charge in [0.1, 0.15) is 17.1 Å². The highest BCUT2D eigenvalue weighted by Gasteiger charge is 2.36. The van der Waals surface area contributed by atoms with E-state index < -0.39 is 17.9 Å². The second-order valence-corrected chi connectivity index (χ2v) is 9.14. The van der Waals surface area contributed by atoms with Crippen LogP contribution in [0, 0.1) is 5.92 Å². The number of benzene rings is 2. The van der Waals surface area contributed by atoms with Crippen LogP contribution in [0.3, 0.4) is 0 Å². The van der Waals surface area contributed by atoms with Crippen molar-refractivity contribution in [3.05, 3.63) is 64.9 Å². The smallest absolute Gasteiger partial charge is 0.338 e. The maximum Gasteiger partial charge on any atom is 0.338 e. The van der Waals surface area contributed by atoms with Crippen molar-refractivity contribution in [3.8, 4) is 11.5 Å². The number of nitrogens with zero attached hydrogens (tertiary/aromatic N) is 1. The van der Waals surface area contributed by atoms with Crippen LogP contribution in [0.25, 0.3) is 0 Å². The molecule has 9 nitrogen and oxygen atoms in total. The number of esters is 1. The molecule has 2 N–H and O–H groups in total. The Kier molecular flexibility index (Phi) is 9.16. The van der Waals surface area contributed by atoms with E-state index in [0.29, 0.717) is 40.6 Å². The van der Waals surface area contributed by atoms with Crippen molar-refractivity contribution < 1.29 is 28.6 Å². The number of nitrogens with one attached hydrogen (secondary N) is 2. The molecule has 2 aromatic carbocycles. The van der Waals surface area contributed by atoms with Gasteiger partial charge in [0.2, 0.25) is 0 Å². The molecule has 3 rings (SSSR count). The molecule has 0 aliphatic carbocycles. The summed E-state index contributed by atoms with van der Waals surface area (Å²) in [5.74, 6) is 0.105. The Morgan fingerprint density at radius 1 is 1.05 bits per heavy atom. The van der Waals surface area contributed by atoms with Crippen LogP contribution in [0.2, 0.25) is 0 Å². The zero-order valence-corrected chi connectivity index (χ0v) is 22.2. The zero-order valence-electron chi connectivity index (χ0n) is 22.2. The Balaban J connectivity index is 1.89. The van der Waals surface area contributed by atoms with E-state index in [-0.39, 0.29) is 24.1 Å². The van der Waals surface area contributed by atoms with E-state index in [1.54, 1.807) is 54.3 Å². The second kappa shape index (κ2) is 12.3. The number of rotatable bonds is 10. The summed E-state index contributed by atoms with van der Waals surface area (Å²) in [6, 6.07) is 11.1. The zero-order chi connectivity index (χ0) is 27.1. The predicted octanol–water partition coefficient (Wildman–Crippen LogP) is 4.91. The summed E-state index contributed by atoms with van der Waals surface area (Å²) in [7, 11) is 2.97. The molecule has 1 atom stereocenters. The van der Waals surface area contributed by atoms with E-state index in [1.807, 2.05) is 20.8 Å². The number of hydrogen-bond acceptors (Lipinski definition) is 6. The molecule has 1 heterocycles. The summed E-state index contributed by atoms with van der Waals surface area (Å²) >= 11 is 0. The summed E-state index contributed by atoms with van der Waals surface area (Å²) in [6.45, 7) is 8.43. The first-order valence-electron chi connectivity index (χ1n) is 12.3. The summed E-state index contributed by atoms with van der Waals surface area (Å²) in [5, 5.41) is 5.79. The Labute approximate surface area is 217 Å². The monoisotopic (exact) mass is 509 g/mol. The lowest BCUT2D eigenvalue weighted by molar-refractivity contribution is -0.140. The number of amides is 3. The van der Waals surface area contributed by atoms with E-state index in [4.69, 9.17) is 14.2 Å². The van der Waals surface area contributed by atoms with Gasteiger partial charge in [0, 0.05) is 17.9 Å². The van der Waals surface area contributed by atoms with E-state index in [1.165, 1.54) is 14.2 Å². The Morgan fingerprint density at radius 3 is 2.22 bits per heavy atom. The van der Waals surface area contributed by atoms with Crippen molar-refractivity contribution in [3.63, 3.8) is 0 Å². The lowest BCUT2D eigenvalue weighted by atomic mass is 9.94. The molecule has 198 valence electrons. The normalized spacial score (nSPS) is 15.4. The first kappa shape index (κ1) is 27.6. The highest BCUT2D eigenvalue weighted by atomic mass is 16.5. The van der Waals surface area contributed by atoms with E-state index in [0.717, 1.165) is 6.42 Å². The Bertz CT molecular complexity index is 1150. The molecule has 0 saturated heterocycles. The number of methoxy groups -OCH3 is 2. The maximum atomic E-state index is 13.1. The highest BCUT2D eigenvalue weighted by Crippen LogP contribution is 2.33. The van der Waals surface area contributed by atoms with Gasteiger partial charge in [-0.05, 0) is 49.1 Å². The van der Waals surface area contributed by atoms with Gasteiger partial charge in [-0.15, -0.1) is 0 Å². The van der Waals surface area contributed by atoms with Crippen LogP contribution in [-0.2, 0) is 9.53 Å². The van der Waals surface area contributed by atoms with Crippen LogP contribution in [0.4, 0.5) is 10.5 Å². The van der Waals surface area contributed by atoms with E-state index in [9.17, 15) is 14.4 Å². The first-order chi connectivity index (χ1) is 17.7. The summed E-state index contributed by atoms with van der Waals surface area (Å²) < 4.78 is 16.2. The molecule has 9 heteroatoms. The Hall–Kier alpha value is -4.01. The third-order valence-electron chi connectivity index (χ3n) is 5.97. The topological polar surface area (TPSA) is 106 Å². The molecule has 1 aliphatic rings. The molecule has 1 aliphatic heterocycles. The van der Waals surface area contributed by atoms with Gasteiger partial charge in [-0.2, -0.15) is 0 Å². The van der Waals surface area contributed by atoms with Gasteiger partial charge in [-0.1, -0.05) is 39.0 Å². The summed E-state index contributed by atoms with van der Waals surface area (Å²) in [4.78, 5) is 40.5. The molecule has 0 radical (unpaired) electrons. The van der Waals surface area contributed by atoms with Crippen molar-refractivity contribution in [2.24, 2.45) is 5.92 Å². The van der Waals surface area contributed by atoms with E-state index in [2.05, 4.69) is 10.6 Å². The minimum absolute atomic E-state index is 0.179. The van der Waals surface area contributed by atoms with Crippen molar-refractivity contribution in [2.45, 2.75) is 40.2 Å². The third-order valence-corrected chi connectivity index (χ3v) is 5.97. The van der Waals surface area contributed by atoms with E-state index >= 15 is 0 Å². The lowest BCUT2D eigenvalue weighted by Crippen LogP contribution is -2.48. The standard InChI is InChI=1S/C28H35N3O6/c1-7-15-31-18(4)23(27(33)37-16-17(2)3)25(30-28(31)34)19-11-13-20(14-12-19)29-26(32)24-21(35-5)9-8-10-22(24)36-6/h8-14,17,25H,7,15-16H2,1-6H3,(H,29,32)(H,30,34). The number of allylic oxidation sites excluding steroid dienone is 1. The molecule has 0 fully saturated rings. The third kappa shape index (κ3) is 6.22. The molecule has 0 saturated carbocycles. The van der Waals surface area contributed by atoms with Gasteiger partial charge in [0.25, 0.3) is 5.91 Å². The highest BCUT2D eigenvalue weighted by molar-refractivity contribution is 6.08. The van der Waals surface area contributed by atoms with Crippen LogP contribution in [0.1, 0.15) is 56.1 Å². The largest absolute Gasteiger partial charge is 0.496 e. The van der Waals surface area contributed by atoms with Crippen molar-refractivity contribution in [1.29, 1.82) is 0 Å². The van der Waals surface area contributed by atoms with Gasteiger partial charge >= 0.3 is 12.0 Å². The fourth-order valence-electron chi connectivity index (χ4n) is 4.14. The Morgan fingerprint density at radius 2 is 1.68 bits per heavy atom. The predicted molar refractivity (Wildman–Crippen MR) is 141 cm³/mol. The minimum atomic E-state index is -0.681. The van der Waals surface area contributed by atoms with Crippen LogP contribution >= 0.6 is 0 Å². The molecule has 37 heavy (non-hydrogen) atoms. The quantitative estimate of drug-likeness (QED) is 0.441. The summed E-state index contributed by atoms with van der Waals surface area (Å²) in [5.41, 5.74) is 2.46. The molecule has 0 spiro atoms. The van der Waals surface area contributed by atoms with Gasteiger partial charge < -0.3 is 24.8 Å². The fourth-order valence-corrected chi connectivity index (χ4v) is 4.14. The van der Waals surface area contributed by atoms with Crippen LogP contribution < -0.4 is 20.1 Å². The number of ether oxygens (including phenoxy) is 3. The van der Waals surface area contributed by atoms with Crippen molar-refractivity contribution in [1.82, 2.24) is 10.2 Å². The maximum absolute atomic E-state index is 13.1. The SMILES string of the molecule is CCCN1C(=O)NC(c2ccc(NC(=O)c3c(OC)cccc3OC)cc2)C(C(=O)OCC(C)C)=C1C. The lowest BCUT2D eigenvalue weighted by Gasteiger charge is -2.35. The number of anilines is 1. The molecule has 3 amide bonds. The van der Waals surface area contributed by atoms with Crippen LogP contribution in [-0.4, -0.2) is 50.2 Å². The minimum Gasteiger partial charge on any atom is -0.496 e. The first-order valence-corrected chi connectivity index (χ1v) is 12.3. The second-order valence-electron chi connectivity index (χ2n) is 9.14. The number of carbonyl (C=O) groups excluding carboxylic acids is 3. The fraction of sp³-hybridized carbons (Fsp3) is 0.393. The van der Waals surface area contributed by atoms with Gasteiger partial charge in [-0.25, -0.2) is 9.59 Å². The number of urea groups is 1. The summed E-state index contributed by atoms with van der Waals surface area (Å²) in [6.07, 6.45) is 0.745. The average Bonchev–Trinajstić information content (AvgIpc) is 2.89. The molecular formula is C28H35N3O6. The van der Waals surface area contributed by atoms with Gasteiger partial charge in [-0.3, -0.25) is 9.69 Å². The molecule has 2 aromatic rings. The number of carbonyl (C=O) groups is 3. The van der Waals surface area contributed by atoms with Crippen molar-refractivity contribution in [2.75, 3.05) is 32.7 Å².